The fourth-order valence-electron chi connectivity index (χ4n) is 1.42. The Kier molecular flexibility index (Phi) is 3.47. The van der Waals surface area contributed by atoms with Crippen molar-refractivity contribution in [2.24, 2.45) is 5.73 Å². The fourth-order valence-corrected chi connectivity index (χ4v) is 1.42. The molecular weight excluding hydrogens is 174 g/mol. The molecule has 78 valence electrons. The van der Waals surface area contributed by atoms with E-state index in [4.69, 9.17) is 5.73 Å². The van der Waals surface area contributed by atoms with E-state index in [9.17, 15) is 0 Å². The second-order valence-corrected chi connectivity index (χ2v) is 3.75. The minimum Gasteiger partial charge on any atom is -0.363 e. The van der Waals surface area contributed by atoms with Crippen molar-refractivity contribution >= 4 is 5.82 Å². The average Bonchev–Trinajstić information content (AvgIpc) is 2.16. The van der Waals surface area contributed by atoms with E-state index in [0.29, 0.717) is 0 Å². The third-order valence-electron chi connectivity index (χ3n) is 2.41. The molecule has 3 nitrogen and oxygen atoms in total. The maximum Gasteiger partial charge on any atom is 0.128 e. The molecule has 0 saturated heterocycles. The van der Waals surface area contributed by atoms with Crippen LogP contribution >= 0.6 is 0 Å². The third-order valence-corrected chi connectivity index (χ3v) is 2.41. The number of pyridine rings is 1. The SMILES string of the molecule is CC[C@H](N)c1ccc(N(C)C)nc1C. The van der Waals surface area contributed by atoms with Crippen LogP contribution in [0.25, 0.3) is 0 Å². The van der Waals surface area contributed by atoms with Crippen LogP contribution in [0.1, 0.15) is 30.6 Å². The van der Waals surface area contributed by atoms with E-state index in [1.807, 2.05) is 32.0 Å². The molecule has 0 bridgehead atoms. The average molecular weight is 193 g/mol. The Hall–Kier alpha value is -1.09. The molecule has 1 heterocycles. The first-order valence-electron chi connectivity index (χ1n) is 4.96. The van der Waals surface area contributed by atoms with E-state index in [0.717, 1.165) is 23.5 Å². The first-order valence-corrected chi connectivity index (χ1v) is 4.96. The van der Waals surface area contributed by atoms with E-state index in [1.165, 1.54) is 0 Å². The number of rotatable bonds is 3. The fraction of sp³-hybridized carbons (Fsp3) is 0.545. The lowest BCUT2D eigenvalue weighted by atomic mass is 10.0. The Bertz CT molecular complexity index is 307. The monoisotopic (exact) mass is 193 g/mol. The van der Waals surface area contributed by atoms with Gasteiger partial charge in [0.15, 0.2) is 0 Å². The summed E-state index contributed by atoms with van der Waals surface area (Å²) in [5, 5.41) is 0. The van der Waals surface area contributed by atoms with Gasteiger partial charge in [0.1, 0.15) is 5.82 Å². The molecule has 0 unspecified atom stereocenters. The van der Waals surface area contributed by atoms with Crippen molar-refractivity contribution < 1.29 is 0 Å². The van der Waals surface area contributed by atoms with Crippen molar-refractivity contribution in [2.75, 3.05) is 19.0 Å². The molecule has 1 atom stereocenters. The quantitative estimate of drug-likeness (QED) is 0.796. The summed E-state index contributed by atoms with van der Waals surface area (Å²) in [5.74, 6) is 0.981. The molecule has 0 amide bonds. The molecule has 0 aliphatic carbocycles. The van der Waals surface area contributed by atoms with Gasteiger partial charge in [0, 0.05) is 25.8 Å². The predicted molar refractivity (Wildman–Crippen MR) is 60.5 cm³/mol. The molecule has 3 heteroatoms. The largest absolute Gasteiger partial charge is 0.363 e. The van der Waals surface area contributed by atoms with Gasteiger partial charge in [-0.15, -0.1) is 0 Å². The summed E-state index contributed by atoms with van der Waals surface area (Å²) in [6.45, 7) is 4.10. The highest BCUT2D eigenvalue weighted by atomic mass is 15.1. The zero-order chi connectivity index (χ0) is 10.7. The molecule has 2 N–H and O–H groups in total. The first kappa shape index (κ1) is 11.0. The number of hydrogen-bond acceptors (Lipinski definition) is 3. The number of anilines is 1. The maximum atomic E-state index is 5.97. The van der Waals surface area contributed by atoms with Crippen LogP contribution in [0.5, 0.6) is 0 Å². The zero-order valence-corrected chi connectivity index (χ0v) is 9.41. The van der Waals surface area contributed by atoms with E-state index in [-0.39, 0.29) is 6.04 Å². The van der Waals surface area contributed by atoms with Gasteiger partial charge in [-0.05, 0) is 25.0 Å². The van der Waals surface area contributed by atoms with Gasteiger partial charge in [0.05, 0.1) is 0 Å². The second kappa shape index (κ2) is 4.42. The highest BCUT2D eigenvalue weighted by Gasteiger charge is 2.08. The van der Waals surface area contributed by atoms with E-state index in [1.54, 1.807) is 0 Å². The standard InChI is InChI=1S/C11H19N3/c1-5-10(12)9-6-7-11(14(3)4)13-8(9)2/h6-7,10H,5,12H2,1-4H3/t10-/m0/s1. The molecule has 1 aromatic rings. The lowest BCUT2D eigenvalue weighted by molar-refractivity contribution is 0.688. The van der Waals surface area contributed by atoms with Crippen LogP contribution in [0.3, 0.4) is 0 Å². The molecule has 0 aliphatic rings. The number of nitrogens with two attached hydrogens (primary N) is 1. The second-order valence-electron chi connectivity index (χ2n) is 3.75. The summed E-state index contributed by atoms with van der Waals surface area (Å²) in [6, 6.07) is 4.20. The summed E-state index contributed by atoms with van der Waals surface area (Å²) in [4.78, 5) is 6.48. The Labute approximate surface area is 85.9 Å². The van der Waals surface area contributed by atoms with Crippen LogP contribution < -0.4 is 10.6 Å². The number of aryl methyl sites for hydroxylation is 1. The van der Waals surface area contributed by atoms with Crippen molar-refractivity contribution in [3.05, 3.63) is 23.4 Å². The minimum absolute atomic E-state index is 0.110. The molecule has 0 aromatic carbocycles. The summed E-state index contributed by atoms with van der Waals surface area (Å²) in [7, 11) is 3.97. The lowest BCUT2D eigenvalue weighted by Crippen LogP contribution is -2.15. The molecule has 0 spiro atoms. The maximum absolute atomic E-state index is 5.97. The molecular formula is C11H19N3. The van der Waals surface area contributed by atoms with Crippen LogP contribution in [0.15, 0.2) is 12.1 Å². The summed E-state index contributed by atoms with van der Waals surface area (Å²) >= 11 is 0. The smallest absolute Gasteiger partial charge is 0.128 e. The Morgan fingerprint density at radius 1 is 1.43 bits per heavy atom. The van der Waals surface area contributed by atoms with Gasteiger partial charge in [0.25, 0.3) is 0 Å². The van der Waals surface area contributed by atoms with Gasteiger partial charge in [-0.1, -0.05) is 13.0 Å². The Balaban J connectivity index is 3.01. The van der Waals surface area contributed by atoms with Gasteiger partial charge in [-0.2, -0.15) is 0 Å². The minimum atomic E-state index is 0.110. The summed E-state index contributed by atoms with van der Waals surface area (Å²) in [6.07, 6.45) is 0.948. The highest BCUT2D eigenvalue weighted by molar-refractivity contribution is 5.40. The summed E-state index contributed by atoms with van der Waals surface area (Å²) < 4.78 is 0. The Morgan fingerprint density at radius 2 is 2.07 bits per heavy atom. The molecule has 14 heavy (non-hydrogen) atoms. The van der Waals surface area contributed by atoms with Gasteiger partial charge in [-0.3, -0.25) is 0 Å². The molecule has 1 aromatic heterocycles. The van der Waals surface area contributed by atoms with E-state index < -0.39 is 0 Å². The summed E-state index contributed by atoms with van der Waals surface area (Å²) in [5.41, 5.74) is 8.15. The van der Waals surface area contributed by atoms with Crippen LogP contribution in [-0.4, -0.2) is 19.1 Å². The number of aromatic nitrogens is 1. The van der Waals surface area contributed by atoms with Crippen molar-refractivity contribution in [3.8, 4) is 0 Å². The van der Waals surface area contributed by atoms with E-state index in [2.05, 4.69) is 18.0 Å². The van der Waals surface area contributed by atoms with E-state index >= 15 is 0 Å². The normalized spacial score (nSPS) is 12.6. The number of hydrogen-bond donors (Lipinski definition) is 1. The van der Waals surface area contributed by atoms with Crippen molar-refractivity contribution in [2.45, 2.75) is 26.3 Å². The van der Waals surface area contributed by atoms with Crippen LogP contribution in [-0.2, 0) is 0 Å². The molecule has 0 radical (unpaired) electrons. The van der Waals surface area contributed by atoms with Crippen LogP contribution in [0.4, 0.5) is 5.82 Å². The molecule has 0 aliphatic heterocycles. The predicted octanol–water partition coefficient (Wildman–Crippen LogP) is 1.87. The van der Waals surface area contributed by atoms with Gasteiger partial charge >= 0.3 is 0 Å². The van der Waals surface area contributed by atoms with Crippen LogP contribution in [0, 0.1) is 6.92 Å². The first-order chi connectivity index (χ1) is 6.56. The third kappa shape index (κ3) is 2.23. The van der Waals surface area contributed by atoms with Crippen molar-refractivity contribution in [3.63, 3.8) is 0 Å². The number of nitrogens with zero attached hydrogens (tertiary/aromatic N) is 2. The van der Waals surface area contributed by atoms with Gasteiger partial charge in [0.2, 0.25) is 0 Å². The Morgan fingerprint density at radius 3 is 2.50 bits per heavy atom. The highest BCUT2D eigenvalue weighted by Crippen LogP contribution is 2.19. The van der Waals surface area contributed by atoms with Gasteiger partial charge < -0.3 is 10.6 Å². The molecule has 0 fully saturated rings. The lowest BCUT2D eigenvalue weighted by Gasteiger charge is -2.16. The van der Waals surface area contributed by atoms with Crippen molar-refractivity contribution in [1.82, 2.24) is 4.98 Å². The molecule has 0 saturated carbocycles. The van der Waals surface area contributed by atoms with Crippen LogP contribution in [0.2, 0.25) is 0 Å². The zero-order valence-electron chi connectivity index (χ0n) is 9.41. The molecule has 1 rings (SSSR count). The topological polar surface area (TPSA) is 42.1 Å². The van der Waals surface area contributed by atoms with Crippen molar-refractivity contribution in [1.29, 1.82) is 0 Å². The van der Waals surface area contributed by atoms with Gasteiger partial charge in [-0.25, -0.2) is 4.98 Å².